The fraction of sp³-hybridized carbons (Fsp3) is 0. The molecular formula is C44H26N4. The molecule has 0 aliphatic heterocycles. The molecule has 222 valence electrons. The summed E-state index contributed by atoms with van der Waals surface area (Å²) in [5.74, 6) is 0. The van der Waals surface area contributed by atoms with Crippen molar-refractivity contribution in [3.63, 3.8) is 0 Å². The van der Waals surface area contributed by atoms with Crippen LogP contribution in [0, 0.1) is 22.7 Å². The van der Waals surface area contributed by atoms with Gasteiger partial charge in [0.15, 0.2) is 0 Å². The van der Waals surface area contributed by atoms with Gasteiger partial charge in [0.1, 0.15) is 0 Å². The minimum atomic E-state index is 0.575. The molecule has 0 radical (unpaired) electrons. The zero-order valence-electron chi connectivity index (χ0n) is 25.8. The normalized spacial score (nSPS) is 11.3. The maximum atomic E-state index is 10.3. The van der Waals surface area contributed by atoms with Crippen molar-refractivity contribution in [3.05, 3.63) is 169 Å². The number of aromatic nitrogens is 2. The lowest BCUT2D eigenvalue weighted by atomic mass is 9.96. The van der Waals surface area contributed by atoms with E-state index in [0.717, 1.165) is 66.5 Å². The van der Waals surface area contributed by atoms with E-state index in [1.165, 1.54) is 10.8 Å². The zero-order chi connectivity index (χ0) is 32.2. The van der Waals surface area contributed by atoms with E-state index in [4.69, 9.17) is 0 Å². The van der Waals surface area contributed by atoms with Gasteiger partial charge in [-0.3, -0.25) is 0 Å². The van der Waals surface area contributed by atoms with Gasteiger partial charge in [-0.05, 0) is 95.1 Å². The molecule has 2 aromatic heterocycles. The minimum Gasteiger partial charge on any atom is -0.309 e. The Bertz CT molecular complexity index is 2750. The molecule has 48 heavy (non-hydrogen) atoms. The average Bonchev–Trinajstić information content (AvgIpc) is 3.67. The number of para-hydroxylation sites is 3. The van der Waals surface area contributed by atoms with Crippen LogP contribution in [0.4, 0.5) is 0 Å². The second kappa shape index (κ2) is 10.9. The molecule has 4 nitrogen and oxygen atoms in total. The van der Waals surface area contributed by atoms with Crippen LogP contribution in [0.25, 0.3) is 77.2 Å². The fourth-order valence-corrected chi connectivity index (χ4v) is 7.20. The Labute approximate surface area is 277 Å². The van der Waals surface area contributed by atoms with Gasteiger partial charge >= 0.3 is 0 Å². The molecule has 0 unspecified atom stereocenters. The topological polar surface area (TPSA) is 57.4 Å². The molecule has 0 saturated carbocycles. The summed E-state index contributed by atoms with van der Waals surface area (Å²) in [6.07, 6.45) is 0. The van der Waals surface area contributed by atoms with E-state index in [0.29, 0.717) is 11.1 Å². The maximum absolute atomic E-state index is 10.3. The van der Waals surface area contributed by atoms with Crippen LogP contribution in [-0.4, -0.2) is 9.13 Å². The number of fused-ring (bicyclic) bond motifs is 6. The molecule has 0 spiro atoms. The van der Waals surface area contributed by atoms with Crippen molar-refractivity contribution in [1.82, 2.24) is 9.13 Å². The highest BCUT2D eigenvalue weighted by molar-refractivity contribution is 6.10. The lowest BCUT2D eigenvalue weighted by Gasteiger charge is -2.16. The molecule has 0 N–H and O–H groups in total. The summed E-state index contributed by atoms with van der Waals surface area (Å²) in [7, 11) is 0. The molecular weight excluding hydrogens is 585 g/mol. The predicted molar refractivity (Wildman–Crippen MR) is 195 cm³/mol. The molecule has 0 aliphatic rings. The highest BCUT2D eigenvalue weighted by atomic mass is 15.0. The number of hydrogen-bond acceptors (Lipinski definition) is 2. The molecule has 2 heterocycles. The van der Waals surface area contributed by atoms with Crippen molar-refractivity contribution in [2.24, 2.45) is 0 Å². The Morgan fingerprint density at radius 1 is 0.333 bits per heavy atom. The number of rotatable bonds is 4. The van der Waals surface area contributed by atoms with Crippen LogP contribution >= 0.6 is 0 Å². The lowest BCUT2D eigenvalue weighted by Crippen LogP contribution is -1.98. The van der Waals surface area contributed by atoms with Gasteiger partial charge in [-0.15, -0.1) is 0 Å². The molecule has 0 atom stereocenters. The molecule has 4 heteroatoms. The second-order valence-corrected chi connectivity index (χ2v) is 12.1. The van der Waals surface area contributed by atoms with E-state index in [2.05, 4.69) is 130 Å². The van der Waals surface area contributed by atoms with Crippen LogP contribution in [0.2, 0.25) is 0 Å². The van der Waals surface area contributed by atoms with Crippen LogP contribution in [0.1, 0.15) is 11.1 Å². The van der Waals surface area contributed by atoms with Gasteiger partial charge in [-0.1, -0.05) is 84.9 Å². The first-order valence-corrected chi connectivity index (χ1v) is 15.9. The Balaban J connectivity index is 1.33. The van der Waals surface area contributed by atoms with Gasteiger partial charge in [0, 0.05) is 32.9 Å². The van der Waals surface area contributed by atoms with Crippen molar-refractivity contribution >= 4 is 43.6 Å². The molecule has 9 aromatic rings. The lowest BCUT2D eigenvalue weighted by molar-refractivity contribution is 1.17. The fourth-order valence-electron chi connectivity index (χ4n) is 7.20. The summed E-state index contributed by atoms with van der Waals surface area (Å²) in [6.45, 7) is 0. The first-order valence-electron chi connectivity index (χ1n) is 15.9. The van der Waals surface area contributed by atoms with Gasteiger partial charge in [-0.2, -0.15) is 10.5 Å². The molecule has 7 aromatic carbocycles. The van der Waals surface area contributed by atoms with Crippen molar-refractivity contribution in [2.75, 3.05) is 0 Å². The number of benzene rings is 7. The summed E-state index contributed by atoms with van der Waals surface area (Å²) in [5.41, 5.74) is 11.6. The molecule has 0 aliphatic carbocycles. The molecule has 9 rings (SSSR count). The van der Waals surface area contributed by atoms with Gasteiger partial charge in [0.2, 0.25) is 0 Å². The highest BCUT2D eigenvalue weighted by Crippen LogP contribution is 2.38. The summed E-state index contributed by atoms with van der Waals surface area (Å²) < 4.78 is 4.54. The standard InChI is InChI=1S/C44H26N4/c45-27-29-18-19-44-40(22-29)39-14-6-9-17-43(39)47(44)35-21-30(28-46)20-32(24-35)34-23-33(31-10-2-1-3-11-31)25-36(26-34)48-41-15-7-4-12-37(41)38-13-5-8-16-42(38)48/h1-26H. The van der Waals surface area contributed by atoms with Crippen LogP contribution in [-0.2, 0) is 0 Å². The van der Waals surface area contributed by atoms with E-state index >= 15 is 0 Å². The average molecular weight is 611 g/mol. The smallest absolute Gasteiger partial charge is 0.0992 e. The third-order valence-electron chi connectivity index (χ3n) is 9.30. The van der Waals surface area contributed by atoms with Gasteiger partial charge in [0.25, 0.3) is 0 Å². The van der Waals surface area contributed by atoms with Crippen LogP contribution < -0.4 is 0 Å². The van der Waals surface area contributed by atoms with Crippen molar-refractivity contribution < 1.29 is 0 Å². The van der Waals surface area contributed by atoms with Crippen molar-refractivity contribution in [3.8, 4) is 45.8 Å². The first kappa shape index (κ1) is 27.4. The number of nitriles is 2. The monoisotopic (exact) mass is 610 g/mol. The second-order valence-electron chi connectivity index (χ2n) is 12.1. The SMILES string of the molecule is N#Cc1cc(-c2cc(-c3ccccc3)cc(-n3c4ccccc4c4ccccc43)c2)cc(-n2c3ccccc3c3cc(C#N)ccc32)c1. The molecule has 0 saturated heterocycles. The molecule has 0 amide bonds. The van der Waals surface area contributed by atoms with E-state index in [1.807, 2.05) is 48.5 Å². The minimum absolute atomic E-state index is 0.575. The van der Waals surface area contributed by atoms with E-state index in [9.17, 15) is 10.5 Å². The molecule has 0 fully saturated rings. The van der Waals surface area contributed by atoms with Gasteiger partial charge in [0.05, 0.1) is 45.3 Å². The molecule has 0 bridgehead atoms. The van der Waals surface area contributed by atoms with E-state index < -0.39 is 0 Å². The van der Waals surface area contributed by atoms with Gasteiger partial charge < -0.3 is 9.13 Å². The van der Waals surface area contributed by atoms with E-state index in [-0.39, 0.29) is 0 Å². The summed E-state index contributed by atoms with van der Waals surface area (Å²) >= 11 is 0. The zero-order valence-corrected chi connectivity index (χ0v) is 25.8. The summed E-state index contributed by atoms with van der Waals surface area (Å²) in [6, 6.07) is 59.1. The van der Waals surface area contributed by atoms with Crippen LogP contribution in [0.3, 0.4) is 0 Å². The van der Waals surface area contributed by atoms with Crippen LogP contribution in [0.15, 0.2) is 158 Å². The Morgan fingerprint density at radius 3 is 1.38 bits per heavy atom. The Hall–Kier alpha value is -6.88. The maximum Gasteiger partial charge on any atom is 0.0992 e. The predicted octanol–water partition coefficient (Wildman–Crippen LogP) is 11.0. The quantitative estimate of drug-likeness (QED) is 0.199. The van der Waals surface area contributed by atoms with Crippen LogP contribution in [0.5, 0.6) is 0 Å². The summed E-state index contributed by atoms with van der Waals surface area (Å²) in [5, 5.41) is 24.4. The van der Waals surface area contributed by atoms with Crippen molar-refractivity contribution in [2.45, 2.75) is 0 Å². The van der Waals surface area contributed by atoms with Gasteiger partial charge in [-0.25, -0.2) is 0 Å². The number of nitrogens with zero attached hydrogens (tertiary/aromatic N) is 4. The third-order valence-corrected chi connectivity index (χ3v) is 9.30. The first-order chi connectivity index (χ1) is 23.7. The largest absolute Gasteiger partial charge is 0.309 e. The highest BCUT2D eigenvalue weighted by Gasteiger charge is 2.17. The Kier molecular flexibility index (Phi) is 6.22. The number of hydrogen-bond donors (Lipinski definition) is 0. The third kappa shape index (κ3) is 4.29. The summed E-state index contributed by atoms with van der Waals surface area (Å²) in [4.78, 5) is 0. The van der Waals surface area contributed by atoms with E-state index in [1.54, 1.807) is 0 Å². The Morgan fingerprint density at radius 2 is 0.792 bits per heavy atom. The van der Waals surface area contributed by atoms with Crippen molar-refractivity contribution in [1.29, 1.82) is 10.5 Å².